The number of alkyl halides is 3. The molecule has 76 valence electrons. The highest BCUT2D eigenvalue weighted by Gasteiger charge is 2.33. The van der Waals surface area contributed by atoms with Gasteiger partial charge >= 0.3 is 0 Å². The molecule has 0 saturated heterocycles. The van der Waals surface area contributed by atoms with Crippen LogP contribution in [-0.2, 0) is 18.9 Å². The zero-order valence-electron chi connectivity index (χ0n) is 6.29. The molecule has 0 aromatic rings. The monoisotopic (exact) mass is 414 g/mol. The fraction of sp³-hybridized carbons (Fsp3) is 0.500. The lowest BCUT2D eigenvalue weighted by Crippen LogP contribution is -2.27. The van der Waals surface area contributed by atoms with Gasteiger partial charge in [-0.25, -0.2) is 0 Å². The van der Waals surface area contributed by atoms with Crippen LogP contribution >= 0.6 is 47.8 Å². The standard InChI is InChI=1S/C4H5Br3N2O2S2/c1-9-8-2-3(4(5,6)7)12(9)13(10)11/h2,8H,1H3. The first-order chi connectivity index (χ1) is 5.84. The quantitative estimate of drug-likeness (QED) is 0.607. The molecular weight excluding hydrogens is 412 g/mol. The van der Waals surface area contributed by atoms with Gasteiger partial charge in [0.2, 0.25) is 0 Å². The van der Waals surface area contributed by atoms with Gasteiger partial charge in [-0.05, 0) is 0 Å². The van der Waals surface area contributed by atoms with Crippen molar-refractivity contribution < 1.29 is 8.42 Å². The smallest absolute Gasteiger partial charge is 0.260 e. The van der Waals surface area contributed by atoms with Crippen LogP contribution in [0.15, 0.2) is 11.1 Å². The van der Waals surface area contributed by atoms with Gasteiger partial charge in [0.05, 0.1) is 14.5 Å². The van der Waals surface area contributed by atoms with Crippen LogP contribution in [0.4, 0.5) is 0 Å². The Kier molecular flexibility index (Phi) is 4.04. The zero-order valence-corrected chi connectivity index (χ0v) is 12.7. The average Bonchev–Trinajstić information content (AvgIpc) is 2.28. The molecule has 1 unspecified atom stereocenters. The zero-order chi connectivity index (χ0) is 10.2. The van der Waals surface area contributed by atoms with E-state index in [0.29, 0.717) is 4.91 Å². The first-order valence-corrected chi connectivity index (χ1v) is 8.10. The van der Waals surface area contributed by atoms with E-state index in [1.165, 1.54) is 4.41 Å². The van der Waals surface area contributed by atoms with Crippen molar-refractivity contribution in [3.05, 3.63) is 11.1 Å². The highest BCUT2D eigenvalue weighted by atomic mass is 80.0. The molecular formula is C4H5Br3N2O2S2. The van der Waals surface area contributed by atoms with Gasteiger partial charge < -0.3 is 5.43 Å². The number of allylic oxidation sites excluding steroid dienone is 1. The first kappa shape index (κ1) is 12.2. The third-order valence-electron chi connectivity index (χ3n) is 1.22. The second-order valence-electron chi connectivity index (χ2n) is 2.09. The van der Waals surface area contributed by atoms with E-state index in [0.717, 1.165) is 0 Å². The predicted octanol–water partition coefficient (Wildman–Crippen LogP) is 1.44. The summed E-state index contributed by atoms with van der Waals surface area (Å²) in [5.41, 5.74) is 2.81. The Morgan fingerprint density at radius 2 is 2.08 bits per heavy atom. The number of nitrogens with one attached hydrogen (secondary N) is 1. The lowest BCUT2D eigenvalue weighted by atomic mass is 10.7. The summed E-state index contributed by atoms with van der Waals surface area (Å²) in [4.78, 5) is 0.670. The molecule has 1 rings (SSSR count). The van der Waals surface area contributed by atoms with E-state index >= 15 is 0 Å². The van der Waals surface area contributed by atoms with Crippen LogP contribution in [0.25, 0.3) is 0 Å². The highest BCUT2D eigenvalue weighted by Crippen LogP contribution is 2.43. The molecule has 13 heavy (non-hydrogen) atoms. The number of nitrogens with zero attached hydrogens (tertiary/aromatic N) is 1. The normalized spacial score (nSPS) is 24.0. The van der Waals surface area contributed by atoms with Gasteiger partial charge in [-0.1, -0.05) is 47.8 Å². The van der Waals surface area contributed by atoms with E-state index < -0.39 is 21.0 Å². The largest absolute Gasteiger partial charge is 0.315 e. The van der Waals surface area contributed by atoms with Crippen molar-refractivity contribution in [2.75, 3.05) is 7.05 Å². The van der Waals surface area contributed by atoms with Gasteiger partial charge in [0.15, 0.2) is 2.14 Å². The van der Waals surface area contributed by atoms with E-state index in [-0.39, 0.29) is 0 Å². The molecule has 1 N–H and O–H groups in total. The maximum absolute atomic E-state index is 10.9. The van der Waals surface area contributed by atoms with Crippen molar-refractivity contribution in [3.63, 3.8) is 0 Å². The van der Waals surface area contributed by atoms with Crippen molar-refractivity contribution in [2.24, 2.45) is 0 Å². The van der Waals surface area contributed by atoms with E-state index in [2.05, 4.69) is 53.2 Å². The lowest BCUT2D eigenvalue weighted by Gasteiger charge is -2.15. The molecule has 1 atom stereocenters. The fourth-order valence-electron chi connectivity index (χ4n) is 0.741. The van der Waals surface area contributed by atoms with Gasteiger partial charge in [-0.15, -0.1) is 0 Å². The summed E-state index contributed by atoms with van der Waals surface area (Å²) in [7, 11) is -1.47. The minimum Gasteiger partial charge on any atom is -0.315 e. The summed E-state index contributed by atoms with van der Waals surface area (Å²) in [6, 6.07) is 0. The SMILES string of the molecule is CN1NC=C(C(Br)(Br)Br)S1=S(=O)=O. The third kappa shape index (κ3) is 2.78. The second kappa shape index (κ2) is 4.31. The minimum absolute atomic E-state index is 0.670. The van der Waals surface area contributed by atoms with Gasteiger partial charge in [-0.2, -0.15) is 12.8 Å². The molecule has 0 aromatic heterocycles. The second-order valence-corrected chi connectivity index (χ2v) is 12.5. The summed E-state index contributed by atoms with van der Waals surface area (Å²) < 4.78 is 22.6. The van der Waals surface area contributed by atoms with Crippen molar-refractivity contribution in [1.82, 2.24) is 9.84 Å². The van der Waals surface area contributed by atoms with Crippen LogP contribution in [-0.4, -0.2) is 22.0 Å². The highest BCUT2D eigenvalue weighted by molar-refractivity contribution is 9.39. The molecule has 1 aliphatic rings. The first-order valence-electron chi connectivity index (χ1n) is 2.95. The number of rotatable bonds is 0. The Bertz CT molecular complexity index is 375. The molecule has 0 bridgehead atoms. The maximum atomic E-state index is 10.9. The van der Waals surface area contributed by atoms with E-state index in [4.69, 9.17) is 0 Å². The molecule has 4 nitrogen and oxygen atoms in total. The van der Waals surface area contributed by atoms with Crippen LogP contribution in [0.5, 0.6) is 0 Å². The fourth-order valence-corrected chi connectivity index (χ4v) is 6.19. The van der Waals surface area contributed by atoms with Crippen LogP contribution in [0.1, 0.15) is 0 Å². The maximum Gasteiger partial charge on any atom is 0.260 e. The number of halogens is 3. The summed E-state index contributed by atoms with van der Waals surface area (Å²) in [6.45, 7) is 0. The van der Waals surface area contributed by atoms with E-state index in [1.54, 1.807) is 13.2 Å². The van der Waals surface area contributed by atoms with Crippen molar-refractivity contribution in [3.8, 4) is 0 Å². The third-order valence-corrected chi connectivity index (χ3v) is 6.94. The molecule has 0 aliphatic carbocycles. The van der Waals surface area contributed by atoms with E-state index in [1.807, 2.05) is 0 Å². The molecule has 0 spiro atoms. The number of hydrogen-bond acceptors (Lipinski definition) is 3. The molecule has 0 saturated carbocycles. The Morgan fingerprint density at radius 1 is 1.54 bits per heavy atom. The van der Waals surface area contributed by atoms with Gasteiger partial charge in [0, 0.05) is 13.2 Å². The predicted molar refractivity (Wildman–Crippen MR) is 64.8 cm³/mol. The molecule has 0 radical (unpaired) electrons. The number of hydrogen-bond donors (Lipinski definition) is 1. The topological polar surface area (TPSA) is 49.4 Å². The van der Waals surface area contributed by atoms with Crippen molar-refractivity contribution >= 4 is 66.7 Å². The summed E-state index contributed by atoms with van der Waals surface area (Å²) >= 11 is 9.82. The van der Waals surface area contributed by atoms with Gasteiger partial charge in [0.1, 0.15) is 0 Å². The Balaban J connectivity index is 3.24. The van der Waals surface area contributed by atoms with Crippen LogP contribution < -0.4 is 5.43 Å². The minimum atomic E-state index is -2.16. The average molecular weight is 417 g/mol. The summed E-state index contributed by atoms with van der Waals surface area (Å²) in [5.74, 6) is 0. The van der Waals surface area contributed by atoms with Gasteiger partial charge in [-0.3, -0.25) is 0 Å². The van der Waals surface area contributed by atoms with Gasteiger partial charge in [0.25, 0.3) is 9.26 Å². The molecule has 9 heteroatoms. The van der Waals surface area contributed by atoms with Crippen LogP contribution in [0.2, 0.25) is 0 Å². The Hall–Kier alpha value is 1.11. The summed E-state index contributed by atoms with van der Waals surface area (Å²) in [5, 5.41) is 0. The molecule has 1 heterocycles. The summed E-state index contributed by atoms with van der Waals surface area (Å²) in [6.07, 6.45) is 1.64. The Labute approximate surface area is 104 Å². The van der Waals surface area contributed by atoms with E-state index in [9.17, 15) is 8.42 Å². The molecule has 0 fully saturated rings. The lowest BCUT2D eigenvalue weighted by molar-refractivity contribution is 0.501. The van der Waals surface area contributed by atoms with Crippen molar-refractivity contribution in [2.45, 2.75) is 2.14 Å². The molecule has 0 aromatic carbocycles. The molecule has 0 amide bonds. The molecule has 1 aliphatic heterocycles. The number of hydrazine groups is 1. The van der Waals surface area contributed by atoms with Crippen LogP contribution in [0.3, 0.4) is 0 Å². The Morgan fingerprint density at radius 3 is 2.38 bits per heavy atom. The van der Waals surface area contributed by atoms with Crippen LogP contribution in [0, 0.1) is 0 Å². The van der Waals surface area contributed by atoms with Crippen molar-refractivity contribution in [1.29, 1.82) is 0 Å².